The summed E-state index contributed by atoms with van der Waals surface area (Å²) in [4.78, 5) is 13.6. The van der Waals surface area contributed by atoms with Gasteiger partial charge in [-0.25, -0.2) is 4.79 Å². The van der Waals surface area contributed by atoms with Crippen LogP contribution in [0.4, 0.5) is 16.4 Å². The van der Waals surface area contributed by atoms with E-state index in [1.165, 1.54) is 30.1 Å². The average Bonchev–Trinajstić information content (AvgIpc) is 3.10. The lowest BCUT2D eigenvalue weighted by atomic mass is 10.2. The van der Waals surface area contributed by atoms with Crippen molar-refractivity contribution in [2.75, 3.05) is 23.3 Å². The smallest absolute Gasteiger partial charge is 0.340 e. The molecule has 2 N–H and O–H groups in total. The average molecular weight is 303 g/mol. The molecule has 0 saturated carbocycles. The zero-order valence-electron chi connectivity index (χ0n) is 11.8. The van der Waals surface area contributed by atoms with E-state index in [0.29, 0.717) is 10.7 Å². The molecule has 1 saturated heterocycles. The van der Waals surface area contributed by atoms with Gasteiger partial charge in [0.05, 0.1) is 5.69 Å². The molecule has 5 nitrogen and oxygen atoms in total. The van der Waals surface area contributed by atoms with Crippen LogP contribution in [0.1, 0.15) is 28.9 Å². The van der Waals surface area contributed by atoms with E-state index in [1.54, 1.807) is 6.92 Å². The van der Waals surface area contributed by atoms with Gasteiger partial charge in [0, 0.05) is 24.5 Å². The van der Waals surface area contributed by atoms with E-state index in [9.17, 15) is 9.90 Å². The summed E-state index contributed by atoms with van der Waals surface area (Å²) in [6.07, 6.45) is 2.50. The highest BCUT2D eigenvalue weighted by Crippen LogP contribution is 2.29. The Bertz CT molecular complexity index is 645. The SMILES string of the molecule is Cc1nsc(Nc2ccc(N3CCCC3)cc2)c1C(=O)O. The maximum absolute atomic E-state index is 11.2. The van der Waals surface area contributed by atoms with Crippen LogP contribution in [0.5, 0.6) is 0 Å². The van der Waals surface area contributed by atoms with Crippen molar-refractivity contribution in [2.45, 2.75) is 19.8 Å². The van der Waals surface area contributed by atoms with Crippen LogP contribution in [-0.4, -0.2) is 28.5 Å². The van der Waals surface area contributed by atoms with Crippen LogP contribution in [0.25, 0.3) is 0 Å². The lowest BCUT2D eigenvalue weighted by Gasteiger charge is -2.17. The van der Waals surface area contributed by atoms with Crippen molar-refractivity contribution in [3.05, 3.63) is 35.5 Å². The zero-order chi connectivity index (χ0) is 14.8. The quantitative estimate of drug-likeness (QED) is 0.905. The standard InChI is InChI=1S/C15H17N3O2S/c1-10-13(15(19)20)14(21-17-10)16-11-4-6-12(7-5-11)18-8-2-3-9-18/h4-7,16H,2-3,8-9H2,1H3,(H,19,20). The number of benzene rings is 1. The lowest BCUT2D eigenvalue weighted by molar-refractivity contribution is 0.0697. The summed E-state index contributed by atoms with van der Waals surface area (Å²) in [6, 6.07) is 8.10. The molecule has 0 radical (unpaired) electrons. The van der Waals surface area contributed by atoms with Crippen molar-refractivity contribution >= 4 is 33.9 Å². The van der Waals surface area contributed by atoms with Gasteiger partial charge in [0.2, 0.25) is 0 Å². The first-order chi connectivity index (χ1) is 10.1. The van der Waals surface area contributed by atoms with Gasteiger partial charge in [-0.2, -0.15) is 4.37 Å². The molecule has 2 aromatic rings. The molecule has 3 rings (SSSR count). The molecule has 2 heterocycles. The van der Waals surface area contributed by atoms with Crippen molar-refractivity contribution in [3.8, 4) is 0 Å². The van der Waals surface area contributed by atoms with Crippen LogP contribution < -0.4 is 10.2 Å². The molecule has 1 aliphatic heterocycles. The first kappa shape index (κ1) is 13.9. The van der Waals surface area contributed by atoms with Gasteiger partial charge in [-0.1, -0.05) is 0 Å². The second-order valence-corrected chi connectivity index (χ2v) is 5.92. The fourth-order valence-electron chi connectivity index (χ4n) is 2.57. The Labute approximate surface area is 127 Å². The number of hydrogen-bond acceptors (Lipinski definition) is 5. The summed E-state index contributed by atoms with van der Waals surface area (Å²) in [6.45, 7) is 3.94. The molecule has 1 aromatic carbocycles. The van der Waals surface area contributed by atoms with E-state index in [2.05, 4.69) is 26.7 Å². The molecule has 0 amide bonds. The Hall–Kier alpha value is -2.08. The van der Waals surface area contributed by atoms with Crippen LogP contribution >= 0.6 is 11.5 Å². The van der Waals surface area contributed by atoms with Gasteiger partial charge in [0.25, 0.3) is 0 Å². The highest BCUT2D eigenvalue weighted by molar-refractivity contribution is 7.10. The fourth-order valence-corrected chi connectivity index (χ4v) is 3.38. The molecule has 0 atom stereocenters. The number of carboxylic acids is 1. The monoisotopic (exact) mass is 303 g/mol. The first-order valence-corrected chi connectivity index (χ1v) is 7.74. The second kappa shape index (κ2) is 5.73. The van der Waals surface area contributed by atoms with Gasteiger partial charge in [-0.05, 0) is 55.6 Å². The minimum atomic E-state index is -0.947. The van der Waals surface area contributed by atoms with E-state index in [-0.39, 0.29) is 5.56 Å². The van der Waals surface area contributed by atoms with Crippen LogP contribution in [0.15, 0.2) is 24.3 Å². The van der Waals surface area contributed by atoms with Crippen molar-refractivity contribution in [3.63, 3.8) is 0 Å². The molecule has 0 aliphatic carbocycles. The topological polar surface area (TPSA) is 65.5 Å². The molecule has 0 unspecified atom stereocenters. The third-order valence-corrected chi connectivity index (χ3v) is 4.53. The summed E-state index contributed by atoms with van der Waals surface area (Å²) < 4.78 is 4.10. The zero-order valence-corrected chi connectivity index (χ0v) is 12.6. The summed E-state index contributed by atoms with van der Waals surface area (Å²) >= 11 is 1.18. The Kier molecular flexibility index (Phi) is 3.79. The largest absolute Gasteiger partial charge is 0.478 e. The number of aryl methyl sites for hydroxylation is 1. The summed E-state index contributed by atoms with van der Waals surface area (Å²) in [5, 5.41) is 12.9. The number of aromatic carboxylic acids is 1. The molecule has 1 aliphatic rings. The summed E-state index contributed by atoms with van der Waals surface area (Å²) in [5.74, 6) is -0.947. The van der Waals surface area contributed by atoms with Gasteiger partial charge < -0.3 is 15.3 Å². The molecule has 6 heteroatoms. The van der Waals surface area contributed by atoms with Crippen LogP contribution in [0, 0.1) is 6.92 Å². The van der Waals surface area contributed by atoms with Gasteiger partial charge in [0.1, 0.15) is 10.6 Å². The van der Waals surface area contributed by atoms with E-state index in [0.717, 1.165) is 18.8 Å². The Morgan fingerprint density at radius 1 is 1.29 bits per heavy atom. The summed E-state index contributed by atoms with van der Waals surface area (Å²) in [7, 11) is 0. The van der Waals surface area contributed by atoms with E-state index >= 15 is 0 Å². The molecule has 110 valence electrons. The Morgan fingerprint density at radius 2 is 1.95 bits per heavy atom. The second-order valence-electron chi connectivity index (χ2n) is 5.14. The maximum atomic E-state index is 11.2. The lowest BCUT2D eigenvalue weighted by Crippen LogP contribution is -2.17. The normalized spacial score (nSPS) is 14.4. The van der Waals surface area contributed by atoms with E-state index in [4.69, 9.17) is 0 Å². The molecule has 1 aromatic heterocycles. The molecular weight excluding hydrogens is 286 g/mol. The molecular formula is C15H17N3O2S. The minimum Gasteiger partial charge on any atom is -0.478 e. The van der Waals surface area contributed by atoms with Crippen molar-refractivity contribution in [1.29, 1.82) is 0 Å². The van der Waals surface area contributed by atoms with Crippen LogP contribution in [0.2, 0.25) is 0 Å². The first-order valence-electron chi connectivity index (χ1n) is 6.97. The van der Waals surface area contributed by atoms with Crippen molar-refractivity contribution in [1.82, 2.24) is 4.37 Å². The molecule has 21 heavy (non-hydrogen) atoms. The predicted octanol–water partition coefficient (Wildman–Crippen LogP) is 3.49. The number of anilines is 3. The number of nitrogens with one attached hydrogen (secondary N) is 1. The Morgan fingerprint density at radius 3 is 2.57 bits per heavy atom. The number of carboxylic acid groups (broad SMARTS) is 1. The van der Waals surface area contributed by atoms with E-state index in [1.807, 2.05) is 12.1 Å². The number of hydrogen-bond donors (Lipinski definition) is 2. The van der Waals surface area contributed by atoms with E-state index < -0.39 is 5.97 Å². The van der Waals surface area contributed by atoms with Crippen LogP contribution in [-0.2, 0) is 0 Å². The number of rotatable bonds is 4. The fraction of sp³-hybridized carbons (Fsp3) is 0.333. The number of aromatic nitrogens is 1. The van der Waals surface area contributed by atoms with Gasteiger partial charge in [-0.3, -0.25) is 0 Å². The Balaban J connectivity index is 1.77. The van der Waals surface area contributed by atoms with Gasteiger partial charge >= 0.3 is 5.97 Å². The molecule has 1 fully saturated rings. The molecule has 0 spiro atoms. The summed E-state index contributed by atoms with van der Waals surface area (Å²) in [5.41, 5.74) is 2.90. The van der Waals surface area contributed by atoms with Gasteiger partial charge in [-0.15, -0.1) is 0 Å². The number of carbonyl (C=O) groups is 1. The number of nitrogens with zero attached hydrogens (tertiary/aromatic N) is 2. The molecule has 0 bridgehead atoms. The van der Waals surface area contributed by atoms with Gasteiger partial charge in [0.15, 0.2) is 0 Å². The minimum absolute atomic E-state index is 0.253. The predicted molar refractivity (Wildman–Crippen MR) is 85.0 cm³/mol. The highest BCUT2D eigenvalue weighted by Gasteiger charge is 2.18. The third kappa shape index (κ3) is 2.85. The highest BCUT2D eigenvalue weighted by atomic mass is 32.1. The van der Waals surface area contributed by atoms with Crippen molar-refractivity contribution < 1.29 is 9.90 Å². The maximum Gasteiger partial charge on any atom is 0.340 e. The van der Waals surface area contributed by atoms with Crippen LogP contribution in [0.3, 0.4) is 0 Å². The van der Waals surface area contributed by atoms with Crippen molar-refractivity contribution in [2.24, 2.45) is 0 Å². The third-order valence-electron chi connectivity index (χ3n) is 3.67.